The van der Waals surface area contributed by atoms with E-state index >= 15 is 0 Å². The van der Waals surface area contributed by atoms with E-state index in [1.807, 2.05) is 0 Å². The third-order valence-corrected chi connectivity index (χ3v) is 1.32. The van der Waals surface area contributed by atoms with E-state index in [2.05, 4.69) is 15.6 Å². The molecule has 0 saturated carbocycles. The van der Waals surface area contributed by atoms with Crippen molar-refractivity contribution >= 4 is 17.7 Å². The van der Waals surface area contributed by atoms with Crippen LogP contribution in [0.3, 0.4) is 0 Å². The van der Waals surface area contributed by atoms with Gasteiger partial charge >= 0.3 is 5.97 Å². The van der Waals surface area contributed by atoms with Gasteiger partial charge in [-0.1, -0.05) is 5.21 Å². The molecular formula is C6H8N4O3. The molecule has 0 aromatic carbocycles. The van der Waals surface area contributed by atoms with Crippen LogP contribution < -0.4 is 5.32 Å². The molecule has 0 bridgehead atoms. The Hall–Kier alpha value is -1.92. The third-order valence-electron chi connectivity index (χ3n) is 1.32. The zero-order chi connectivity index (χ0) is 10.0. The number of hydrogen-bond acceptors (Lipinski definition) is 4. The molecule has 0 unspecified atom stereocenters. The van der Waals surface area contributed by atoms with Gasteiger partial charge < -0.3 is 10.4 Å². The molecule has 7 heteroatoms. The lowest BCUT2D eigenvalue weighted by Gasteiger charge is -1.97. The van der Waals surface area contributed by atoms with E-state index in [-0.39, 0.29) is 17.4 Å². The van der Waals surface area contributed by atoms with E-state index in [0.717, 1.165) is 4.68 Å². The lowest BCUT2D eigenvalue weighted by Crippen LogP contribution is -2.12. The maximum Gasteiger partial charge on any atom is 0.358 e. The number of hydrogen-bond donors (Lipinski definition) is 2. The highest BCUT2D eigenvalue weighted by Crippen LogP contribution is 2.09. The number of aromatic nitrogens is 3. The summed E-state index contributed by atoms with van der Waals surface area (Å²) in [7, 11) is 1.43. The highest BCUT2D eigenvalue weighted by molar-refractivity contribution is 5.97. The van der Waals surface area contributed by atoms with E-state index < -0.39 is 5.97 Å². The van der Waals surface area contributed by atoms with Gasteiger partial charge in [0.2, 0.25) is 5.91 Å². The Morgan fingerprint density at radius 1 is 1.54 bits per heavy atom. The number of carbonyl (C=O) groups excluding carboxylic acids is 1. The highest BCUT2D eigenvalue weighted by atomic mass is 16.4. The quantitative estimate of drug-likeness (QED) is 0.644. The van der Waals surface area contributed by atoms with Crippen LogP contribution in [0.15, 0.2) is 0 Å². The Kier molecular flexibility index (Phi) is 2.27. The number of carboxylic acid groups (broad SMARTS) is 1. The number of nitrogens with zero attached hydrogens (tertiary/aromatic N) is 3. The van der Waals surface area contributed by atoms with E-state index in [1.165, 1.54) is 14.0 Å². The average molecular weight is 184 g/mol. The summed E-state index contributed by atoms with van der Waals surface area (Å²) >= 11 is 0. The maximum atomic E-state index is 10.6. The van der Waals surface area contributed by atoms with Crippen LogP contribution in [-0.2, 0) is 11.8 Å². The van der Waals surface area contributed by atoms with Crippen LogP contribution in [-0.4, -0.2) is 32.0 Å². The molecule has 1 aromatic rings. The lowest BCUT2D eigenvalue weighted by molar-refractivity contribution is -0.114. The summed E-state index contributed by atoms with van der Waals surface area (Å²) in [5.74, 6) is -1.61. The number of amides is 1. The second kappa shape index (κ2) is 3.21. The Bertz CT molecular complexity index is 357. The molecule has 0 atom stereocenters. The van der Waals surface area contributed by atoms with E-state index in [0.29, 0.717) is 0 Å². The normalized spacial score (nSPS) is 9.69. The number of carboxylic acids is 1. The smallest absolute Gasteiger partial charge is 0.358 e. The van der Waals surface area contributed by atoms with Crippen molar-refractivity contribution in [3.8, 4) is 0 Å². The minimum absolute atomic E-state index is 0.0394. The molecule has 0 fully saturated rings. The summed E-state index contributed by atoms with van der Waals surface area (Å²) in [5, 5.41) is 17.9. The van der Waals surface area contributed by atoms with Gasteiger partial charge in [0.1, 0.15) is 0 Å². The lowest BCUT2D eigenvalue weighted by atomic mass is 10.4. The van der Waals surface area contributed by atoms with Crippen molar-refractivity contribution in [2.45, 2.75) is 6.92 Å². The molecule has 7 nitrogen and oxygen atoms in total. The number of aryl methyl sites for hydroxylation is 1. The molecular weight excluding hydrogens is 176 g/mol. The minimum Gasteiger partial charge on any atom is -0.476 e. The summed E-state index contributed by atoms with van der Waals surface area (Å²) < 4.78 is 1.08. The van der Waals surface area contributed by atoms with Crippen LogP contribution in [0.2, 0.25) is 0 Å². The molecule has 0 aliphatic heterocycles. The van der Waals surface area contributed by atoms with Gasteiger partial charge in [-0.15, -0.1) is 5.10 Å². The second-order valence-corrected chi connectivity index (χ2v) is 2.40. The molecule has 0 aliphatic rings. The molecule has 1 rings (SSSR count). The standard InChI is InChI=1S/C6H8N4O3/c1-3(11)7-5-4(6(12)13)10(2)9-8-5/h1-2H3,(H,7,11)(H,12,13). The van der Waals surface area contributed by atoms with E-state index in [4.69, 9.17) is 5.11 Å². The zero-order valence-electron chi connectivity index (χ0n) is 7.11. The van der Waals surface area contributed by atoms with Gasteiger partial charge in [-0.2, -0.15) is 0 Å². The van der Waals surface area contributed by atoms with Crippen molar-refractivity contribution in [1.29, 1.82) is 0 Å². The van der Waals surface area contributed by atoms with Crippen molar-refractivity contribution < 1.29 is 14.7 Å². The maximum absolute atomic E-state index is 10.6. The number of aromatic carboxylic acids is 1. The molecule has 1 heterocycles. The zero-order valence-corrected chi connectivity index (χ0v) is 7.11. The Labute approximate surface area is 73.4 Å². The molecule has 0 spiro atoms. The predicted molar refractivity (Wildman–Crippen MR) is 42.3 cm³/mol. The Balaban J connectivity index is 3.07. The van der Waals surface area contributed by atoms with Crippen molar-refractivity contribution in [2.24, 2.45) is 7.05 Å². The number of carbonyl (C=O) groups is 2. The summed E-state index contributed by atoms with van der Waals surface area (Å²) in [6.07, 6.45) is 0. The Morgan fingerprint density at radius 3 is 2.62 bits per heavy atom. The van der Waals surface area contributed by atoms with Gasteiger partial charge in [-0.05, 0) is 0 Å². The Morgan fingerprint density at radius 2 is 2.15 bits per heavy atom. The average Bonchev–Trinajstić information content (AvgIpc) is 2.30. The fraction of sp³-hybridized carbons (Fsp3) is 0.333. The van der Waals surface area contributed by atoms with Crippen LogP contribution >= 0.6 is 0 Å². The third kappa shape index (κ3) is 1.81. The van der Waals surface area contributed by atoms with Crippen LogP contribution in [0.5, 0.6) is 0 Å². The summed E-state index contributed by atoms with van der Waals surface area (Å²) in [4.78, 5) is 21.2. The van der Waals surface area contributed by atoms with Crippen molar-refractivity contribution in [3.63, 3.8) is 0 Å². The van der Waals surface area contributed by atoms with Gasteiger partial charge in [0.15, 0.2) is 11.5 Å². The van der Waals surface area contributed by atoms with Crippen molar-refractivity contribution in [3.05, 3.63) is 5.69 Å². The van der Waals surface area contributed by atoms with Gasteiger partial charge in [0.05, 0.1) is 0 Å². The predicted octanol–water partition coefficient (Wildman–Crippen LogP) is -0.528. The fourth-order valence-corrected chi connectivity index (χ4v) is 0.848. The first kappa shape index (κ1) is 9.17. The molecule has 1 amide bonds. The summed E-state index contributed by atoms with van der Waals surface area (Å²) in [5.41, 5.74) is -0.143. The van der Waals surface area contributed by atoms with Gasteiger partial charge in [0.25, 0.3) is 0 Å². The first-order valence-electron chi connectivity index (χ1n) is 3.43. The largest absolute Gasteiger partial charge is 0.476 e. The summed E-state index contributed by atoms with van der Waals surface area (Å²) in [6, 6.07) is 0. The second-order valence-electron chi connectivity index (χ2n) is 2.40. The first-order valence-corrected chi connectivity index (χ1v) is 3.43. The van der Waals surface area contributed by atoms with Gasteiger partial charge in [-0.3, -0.25) is 4.79 Å². The van der Waals surface area contributed by atoms with E-state index in [9.17, 15) is 9.59 Å². The van der Waals surface area contributed by atoms with Crippen molar-refractivity contribution in [1.82, 2.24) is 15.0 Å². The molecule has 1 aromatic heterocycles. The molecule has 70 valence electrons. The summed E-state index contributed by atoms with van der Waals surface area (Å²) in [6.45, 7) is 1.26. The van der Waals surface area contributed by atoms with Gasteiger partial charge in [0, 0.05) is 14.0 Å². The van der Waals surface area contributed by atoms with Crippen LogP contribution in [0.25, 0.3) is 0 Å². The van der Waals surface area contributed by atoms with Gasteiger partial charge in [-0.25, -0.2) is 9.48 Å². The SMILES string of the molecule is CC(=O)Nc1nnn(C)c1C(=O)O. The monoisotopic (exact) mass is 184 g/mol. The van der Waals surface area contributed by atoms with Crippen LogP contribution in [0, 0.1) is 0 Å². The minimum atomic E-state index is -1.18. The molecule has 0 radical (unpaired) electrons. The number of nitrogens with one attached hydrogen (secondary N) is 1. The molecule has 0 saturated heterocycles. The fourth-order valence-electron chi connectivity index (χ4n) is 0.848. The van der Waals surface area contributed by atoms with Crippen LogP contribution in [0.4, 0.5) is 5.82 Å². The van der Waals surface area contributed by atoms with Crippen LogP contribution in [0.1, 0.15) is 17.4 Å². The molecule has 0 aliphatic carbocycles. The van der Waals surface area contributed by atoms with E-state index in [1.54, 1.807) is 0 Å². The highest BCUT2D eigenvalue weighted by Gasteiger charge is 2.17. The topological polar surface area (TPSA) is 97.1 Å². The van der Waals surface area contributed by atoms with Crippen molar-refractivity contribution in [2.75, 3.05) is 5.32 Å². The molecule has 13 heavy (non-hydrogen) atoms. The number of anilines is 1. The first-order chi connectivity index (χ1) is 6.02. The molecule has 2 N–H and O–H groups in total. The number of rotatable bonds is 2.